The topological polar surface area (TPSA) is 32.5 Å². The number of rotatable bonds is 4. The molecule has 1 saturated heterocycles. The molecule has 1 aliphatic heterocycles. The fraction of sp³-hybridized carbons (Fsp3) is 1.00. The molecule has 3 heteroatoms. The van der Waals surface area contributed by atoms with E-state index >= 15 is 0 Å². The third kappa shape index (κ3) is 2.19. The highest BCUT2D eigenvalue weighted by atomic mass is 15.2. The van der Waals surface area contributed by atoms with E-state index in [-0.39, 0.29) is 0 Å². The quantitative estimate of drug-likeness (QED) is 0.745. The van der Waals surface area contributed by atoms with Crippen LogP contribution in [0.2, 0.25) is 0 Å². The minimum Gasteiger partial charge on any atom is -0.329 e. The zero-order chi connectivity index (χ0) is 10.9. The molecule has 0 aromatic carbocycles. The molecule has 1 heterocycles. The van der Waals surface area contributed by atoms with Crippen molar-refractivity contribution in [2.45, 2.75) is 31.2 Å². The van der Waals surface area contributed by atoms with Gasteiger partial charge in [0.15, 0.2) is 0 Å². The van der Waals surface area contributed by atoms with E-state index in [2.05, 4.69) is 23.9 Å². The molecule has 2 rings (SSSR count). The zero-order valence-corrected chi connectivity index (χ0v) is 10.2. The third-order valence-electron chi connectivity index (χ3n) is 4.49. The van der Waals surface area contributed by atoms with Crippen LogP contribution in [-0.4, -0.2) is 55.6 Å². The minimum absolute atomic E-state index is 0.362. The molecule has 1 aliphatic carbocycles. The highest BCUT2D eigenvalue weighted by molar-refractivity contribution is 4.98. The van der Waals surface area contributed by atoms with E-state index in [0.717, 1.165) is 12.5 Å². The van der Waals surface area contributed by atoms with Gasteiger partial charge in [0, 0.05) is 25.2 Å². The molecule has 88 valence electrons. The smallest absolute Gasteiger partial charge is 0.0328 e. The first kappa shape index (κ1) is 11.4. The standard InChI is InChI=1S/C12H25N3/c1-14-7-4-11(8-14)9-15(2)12(10-13)5-3-6-12/h11H,3-10,13H2,1-2H3. The molecule has 0 aromatic heterocycles. The van der Waals surface area contributed by atoms with Crippen LogP contribution in [0, 0.1) is 5.92 Å². The van der Waals surface area contributed by atoms with E-state index < -0.39 is 0 Å². The van der Waals surface area contributed by atoms with Gasteiger partial charge in [-0.05, 0) is 52.2 Å². The number of hydrogen-bond acceptors (Lipinski definition) is 3. The van der Waals surface area contributed by atoms with Gasteiger partial charge in [0.1, 0.15) is 0 Å². The van der Waals surface area contributed by atoms with Gasteiger partial charge in [-0.3, -0.25) is 4.90 Å². The Morgan fingerprint density at radius 1 is 1.47 bits per heavy atom. The summed E-state index contributed by atoms with van der Waals surface area (Å²) in [6.07, 6.45) is 5.35. The molecule has 0 amide bonds. The number of hydrogen-bond donors (Lipinski definition) is 1. The van der Waals surface area contributed by atoms with E-state index in [4.69, 9.17) is 5.73 Å². The Morgan fingerprint density at radius 3 is 2.60 bits per heavy atom. The molecule has 3 nitrogen and oxygen atoms in total. The predicted octanol–water partition coefficient (Wildman–Crippen LogP) is 0.751. The number of likely N-dealkylation sites (N-methyl/N-ethyl adjacent to an activating group) is 1. The molecule has 1 atom stereocenters. The van der Waals surface area contributed by atoms with Gasteiger partial charge in [0.2, 0.25) is 0 Å². The Morgan fingerprint density at radius 2 is 2.20 bits per heavy atom. The lowest BCUT2D eigenvalue weighted by Crippen LogP contribution is -2.58. The summed E-state index contributed by atoms with van der Waals surface area (Å²) in [5, 5.41) is 0. The summed E-state index contributed by atoms with van der Waals surface area (Å²) < 4.78 is 0. The Labute approximate surface area is 93.6 Å². The van der Waals surface area contributed by atoms with Gasteiger partial charge in [-0.1, -0.05) is 0 Å². The highest BCUT2D eigenvalue weighted by Crippen LogP contribution is 2.36. The monoisotopic (exact) mass is 211 g/mol. The Hall–Kier alpha value is -0.120. The Bertz CT molecular complexity index is 207. The number of nitrogens with zero attached hydrogens (tertiary/aromatic N) is 2. The van der Waals surface area contributed by atoms with Gasteiger partial charge in [-0.25, -0.2) is 0 Å². The summed E-state index contributed by atoms with van der Waals surface area (Å²) >= 11 is 0. The SMILES string of the molecule is CN1CCC(CN(C)C2(CN)CCC2)C1. The van der Waals surface area contributed by atoms with Crippen LogP contribution < -0.4 is 5.73 Å². The molecule has 1 saturated carbocycles. The molecular formula is C12H25N3. The molecule has 15 heavy (non-hydrogen) atoms. The molecule has 2 fully saturated rings. The lowest BCUT2D eigenvalue weighted by Gasteiger charge is -2.49. The van der Waals surface area contributed by atoms with Crippen LogP contribution in [0.4, 0.5) is 0 Å². The van der Waals surface area contributed by atoms with Crippen molar-refractivity contribution in [1.29, 1.82) is 0 Å². The van der Waals surface area contributed by atoms with Crippen molar-refractivity contribution in [3.05, 3.63) is 0 Å². The Kier molecular flexibility index (Phi) is 3.33. The third-order valence-corrected chi connectivity index (χ3v) is 4.49. The van der Waals surface area contributed by atoms with Crippen molar-refractivity contribution in [3.63, 3.8) is 0 Å². The minimum atomic E-state index is 0.362. The molecule has 0 radical (unpaired) electrons. The number of likely N-dealkylation sites (tertiary alicyclic amines) is 1. The van der Waals surface area contributed by atoms with E-state index in [1.54, 1.807) is 0 Å². The summed E-state index contributed by atoms with van der Waals surface area (Å²) in [6.45, 7) is 4.62. The molecule has 2 N–H and O–H groups in total. The van der Waals surface area contributed by atoms with Crippen molar-refractivity contribution in [2.24, 2.45) is 11.7 Å². The lowest BCUT2D eigenvalue weighted by atomic mass is 9.75. The first-order valence-corrected chi connectivity index (χ1v) is 6.26. The fourth-order valence-electron chi connectivity index (χ4n) is 3.08. The maximum absolute atomic E-state index is 5.92. The average molecular weight is 211 g/mol. The highest BCUT2D eigenvalue weighted by Gasteiger charge is 2.40. The van der Waals surface area contributed by atoms with Gasteiger partial charge >= 0.3 is 0 Å². The van der Waals surface area contributed by atoms with E-state index in [9.17, 15) is 0 Å². The summed E-state index contributed by atoms with van der Waals surface area (Å²) in [4.78, 5) is 4.98. The molecule has 1 unspecified atom stereocenters. The zero-order valence-electron chi connectivity index (χ0n) is 10.2. The van der Waals surface area contributed by atoms with Gasteiger partial charge in [-0.2, -0.15) is 0 Å². The van der Waals surface area contributed by atoms with E-state index in [1.807, 2.05) is 0 Å². The van der Waals surface area contributed by atoms with Crippen LogP contribution in [0.15, 0.2) is 0 Å². The van der Waals surface area contributed by atoms with Crippen molar-refractivity contribution < 1.29 is 0 Å². The van der Waals surface area contributed by atoms with Crippen LogP contribution >= 0.6 is 0 Å². The molecular weight excluding hydrogens is 186 g/mol. The molecule has 0 spiro atoms. The summed E-state index contributed by atoms with van der Waals surface area (Å²) in [7, 11) is 4.49. The normalized spacial score (nSPS) is 30.8. The second-order valence-electron chi connectivity index (χ2n) is 5.58. The van der Waals surface area contributed by atoms with Crippen molar-refractivity contribution in [3.8, 4) is 0 Å². The van der Waals surface area contributed by atoms with E-state index in [0.29, 0.717) is 5.54 Å². The summed E-state index contributed by atoms with van der Waals surface area (Å²) in [6, 6.07) is 0. The summed E-state index contributed by atoms with van der Waals surface area (Å²) in [5.74, 6) is 0.865. The first-order valence-electron chi connectivity index (χ1n) is 6.26. The van der Waals surface area contributed by atoms with E-state index in [1.165, 1.54) is 45.3 Å². The van der Waals surface area contributed by atoms with Crippen LogP contribution in [0.5, 0.6) is 0 Å². The van der Waals surface area contributed by atoms with Gasteiger partial charge < -0.3 is 10.6 Å². The van der Waals surface area contributed by atoms with Gasteiger partial charge in [-0.15, -0.1) is 0 Å². The largest absolute Gasteiger partial charge is 0.329 e. The van der Waals surface area contributed by atoms with Gasteiger partial charge in [0.05, 0.1) is 0 Å². The predicted molar refractivity (Wildman–Crippen MR) is 63.9 cm³/mol. The second kappa shape index (κ2) is 4.40. The van der Waals surface area contributed by atoms with Crippen molar-refractivity contribution in [2.75, 3.05) is 40.3 Å². The van der Waals surface area contributed by atoms with Crippen LogP contribution in [0.1, 0.15) is 25.7 Å². The van der Waals surface area contributed by atoms with Crippen LogP contribution in [0.3, 0.4) is 0 Å². The first-order chi connectivity index (χ1) is 7.16. The van der Waals surface area contributed by atoms with Crippen molar-refractivity contribution >= 4 is 0 Å². The Balaban J connectivity index is 1.83. The fourth-order valence-corrected chi connectivity index (χ4v) is 3.08. The molecule has 0 bridgehead atoms. The molecule has 0 aromatic rings. The lowest BCUT2D eigenvalue weighted by molar-refractivity contribution is 0.0348. The second-order valence-corrected chi connectivity index (χ2v) is 5.58. The summed E-state index contributed by atoms with van der Waals surface area (Å²) in [5.41, 5.74) is 6.28. The number of nitrogens with two attached hydrogens (primary N) is 1. The van der Waals surface area contributed by atoms with Crippen molar-refractivity contribution in [1.82, 2.24) is 9.80 Å². The maximum Gasteiger partial charge on any atom is 0.0328 e. The molecule has 2 aliphatic rings. The maximum atomic E-state index is 5.92. The van der Waals surface area contributed by atoms with Crippen LogP contribution in [0.25, 0.3) is 0 Å². The average Bonchev–Trinajstić information content (AvgIpc) is 2.50. The van der Waals surface area contributed by atoms with Crippen LogP contribution in [-0.2, 0) is 0 Å². The van der Waals surface area contributed by atoms with Gasteiger partial charge in [0.25, 0.3) is 0 Å².